The number of carboxylic acid groups (broad SMARTS) is 1. The molecule has 0 aliphatic carbocycles. The zero-order valence-electron chi connectivity index (χ0n) is 21.4. The highest BCUT2D eigenvalue weighted by Gasteiger charge is 2.36. The van der Waals surface area contributed by atoms with Crippen LogP contribution in [0.4, 0.5) is 11.4 Å². The van der Waals surface area contributed by atoms with Crippen LogP contribution in [0, 0.1) is 5.92 Å². The Morgan fingerprint density at radius 3 is 2.62 bits per heavy atom. The van der Waals surface area contributed by atoms with E-state index in [0.29, 0.717) is 48.0 Å². The summed E-state index contributed by atoms with van der Waals surface area (Å²) >= 11 is 6.14. The molecule has 0 unspecified atom stereocenters. The molecule has 1 atom stereocenters. The van der Waals surface area contributed by atoms with Crippen LogP contribution < -0.4 is 10.6 Å². The smallest absolute Gasteiger partial charge is 0.337 e. The van der Waals surface area contributed by atoms with Gasteiger partial charge in [0, 0.05) is 49.0 Å². The van der Waals surface area contributed by atoms with Crippen molar-refractivity contribution in [2.75, 3.05) is 23.8 Å². The highest BCUT2D eigenvalue weighted by Crippen LogP contribution is 2.30. The van der Waals surface area contributed by atoms with Gasteiger partial charge in [-0.05, 0) is 60.9 Å². The predicted molar refractivity (Wildman–Crippen MR) is 147 cm³/mol. The molecule has 2 aliphatic rings. The molecule has 3 heterocycles. The van der Waals surface area contributed by atoms with Gasteiger partial charge in [-0.25, -0.2) is 4.79 Å². The molecule has 3 N–H and O–H groups in total. The van der Waals surface area contributed by atoms with Crippen molar-refractivity contribution >= 4 is 46.7 Å². The highest BCUT2D eigenvalue weighted by atomic mass is 35.5. The Balaban J connectivity index is 1.49. The number of nitrogens with zero attached hydrogens (tertiary/aromatic N) is 2. The maximum atomic E-state index is 13.8. The minimum Gasteiger partial charge on any atom is -0.478 e. The number of fused-ring (bicyclic) bond motifs is 1. The SMILES string of the molecule is O=C(O)c1ccc(CN2C(=O)c3ccc(Cl)cc3NC(=O)[C@H]2Cc2ccccn2)cc1NC(=O)C1CCOCC1. The van der Waals surface area contributed by atoms with E-state index in [1.165, 1.54) is 23.1 Å². The average Bonchev–Trinajstić information content (AvgIpc) is 3.04. The van der Waals surface area contributed by atoms with Gasteiger partial charge in [-0.1, -0.05) is 23.7 Å². The van der Waals surface area contributed by atoms with E-state index < -0.39 is 23.8 Å². The zero-order valence-corrected chi connectivity index (χ0v) is 22.2. The van der Waals surface area contributed by atoms with Crippen LogP contribution in [0.25, 0.3) is 0 Å². The molecular weight excluding hydrogens is 536 g/mol. The van der Waals surface area contributed by atoms with Crippen molar-refractivity contribution < 1.29 is 29.0 Å². The lowest BCUT2D eigenvalue weighted by Gasteiger charge is -2.29. The molecule has 0 saturated carbocycles. The van der Waals surface area contributed by atoms with Crippen molar-refractivity contribution in [1.29, 1.82) is 0 Å². The quantitative estimate of drug-likeness (QED) is 0.395. The molecule has 1 fully saturated rings. The Hall–Kier alpha value is -4.28. The first kappa shape index (κ1) is 27.3. The van der Waals surface area contributed by atoms with E-state index in [1.54, 1.807) is 42.6 Å². The number of carbonyl (C=O) groups excluding carboxylic acids is 3. The summed E-state index contributed by atoms with van der Waals surface area (Å²) in [7, 11) is 0. The Morgan fingerprint density at radius 1 is 1.10 bits per heavy atom. The second-order valence-corrected chi connectivity index (χ2v) is 10.2. The van der Waals surface area contributed by atoms with Crippen molar-refractivity contribution in [3.8, 4) is 0 Å². The number of amides is 3. The molecule has 40 heavy (non-hydrogen) atoms. The third kappa shape index (κ3) is 5.98. The van der Waals surface area contributed by atoms with E-state index in [0.717, 1.165) is 0 Å². The lowest BCUT2D eigenvalue weighted by molar-refractivity contribution is -0.122. The van der Waals surface area contributed by atoms with Crippen molar-refractivity contribution in [3.63, 3.8) is 0 Å². The molecule has 1 aromatic heterocycles. The molecule has 3 aromatic rings. The second kappa shape index (κ2) is 11.8. The highest BCUT2D eigenvalue weighted by molar-refractivity contribution is 6.31. The van der Waals surface area contributed by atoms with Gasteiger partial charge in [0.1, 0.15) is 6.04 Å². The summed E-state index contributed by atoms with van der Waals surface area (Å²) in [6.45, 7) is 0.909. The van der Waals surface area contributed by atoms with Gasteiger partial charge >= 0.3 is 5.97 Å². The lowest BCUT2D eigenvalue weighted by Crippen LogP contribution is -2.46. The number of ether oxygens (including phenoxy) is 1. The number of rotatable bonds is 7. The van der Waals surface area contributed by atoms with Crippen LogP contribution in [-0.4, -0.2) is 57.9 Å². The predicted octanol–water partition coefficient (Wildman–Crippen LogP) is 4.00. The van der Waals surface area contributed by atoms with Gasteiger partial charge in [0.05, 0.1) is 22.5 Å². The monoisotopic (exact) mass is 562 g/mol. The third-order valence-corrected chi connectivity index (χ3v) is 7.29. The number of hydrogen-bond acceptors (Lipinski definition) is 6. The first-order valence-electron chi connectivity index (χ1n) is 12.9. The number of pyridine rings is 1. The Bertz CT molecular complexity index is 1460. The maximum Gasteiger partial charge on any atom is 0.337 e. The maximum absolute atomic E-state index is 13.8. The van der Waals surface area contributed by atoms with Crippen molar-refractivity contribution in [1.82, 2.24) is 9.88 Å². The summed E-state index contributed by atoms with van der Waals surface area (Å²) in [6, 6.07) is 13.6. The standard InChI is InChI=1S/C29H27ClN4O6/c30-19-5-7-21-24(14-19)33-27(36)25(15-20-3-1-2-10-31-20)34(28(21)37)16-17-4-6-22(29(38)39)23(13-17)32-26(35)18-8-11-40-12-9-18/h1-7,10,13-14,18,25H,8-9,11-12,15-16H2,(H,32,35)(H,33,36)(H,38,39)/t25-/m1/s1. The van der Waals surface area contributed by atoms with Crippen molar-refractivity contribution in [3.05, 3.63) is 88.2 Å². The average molecular weight is 563 g/mol. The van der Waals surface area contributed by atoms with Crippen LogP contribution in [0.5, 0.6) is 0 Å². The summed E-state index contributed by atoms with van der Waals surface area (Å²) in [4.78, 5) is 57.9. The van der Waals surface area contributed by atoms with E-state index >= 15 is 0 Å². The van der Waals surface area contributed by atoms with Crippen LogP contribution >= 0.6 is 11.6 Å². The fourth-order valence-corrected chi connectivity index (χ4v) is 5.11. The summed E-state index contributed by atoms with van der Waals surface area (Å²) in [5.74, 6) is -2.58. The van der Waals surface area contributed by atoms with Gasteiger partial charge in [-0.2, -0.15) is 0 Å². The minimum absolute atomic E-state index is 0.0220. The number of carboxylic acids is 1. The van der Waals surface area contributed by atoms with Crippen LogP contribution in [0.2, 0.25) is 5.02 Å². The molecule has 1 saturated heterocycles. The topological polar surface area (TPSA) is 138 Å². The van der Waals surface area contributed by atoms with Crippen molar-refractivity contribution in [2.45, 2.75) is 31.8 Å². The molecule has 3 amide bonds. The molecular formula is C29H27ClN4O6. The first-order valence-corrected chi connectivity index (χ1v) is 13.2. The zero-order chi connectivity index (χ0) is 28.2. The van der Waals surface area contributed by atoms with E-state index in [4.69, 9.17) is 16.3 Å². The summed E-state index contributed by atoms with van der Waals surface area (Å²) in [5.41, 5.74) is 1.79. The number of hydrogen-bond donors (Lipinski definition) is 3. The number of anilines is 2. The number of aromatic carboxylic acids is 1. The van der Waals surface area contributed by atoms with E-state index in [9.17, 15) is 24.3 Å². The third-order valence-electron chi connectivity index (χ3n) is 7.06. The Labute approximate surface area is 235 Å². The van der Waals surface area contributed by atoms with Gasteiger partial charge in [-0.15, -0.1) is 0 Å². The molecule has 2 aliphatic heterocycles. The summed E-state index contributed by atoms with van der Waals surface area (Å²) in [6.07, 6.45) is 2.86. The first-order chi connectivity index (χ1) is 19.3. The van der Waals surface area contributed by atoms with Gasteiger partial charge in [0.2, 0.25) is 11.8 Å². The number of aromatic nitrogens is 1. The Kier molecular flexibility index (Phi) is 8.09. The minimum atomic E-state index is -1.20. The van der Waals surface area contributed by atoms with Gasteiger partial charge in [0.25, 0.3) is 5.91 Å². The molecule has 5 rings (SSSR count). The Morgan fingerprint density at radius 2 is 1.90 bits per heavy atom. The van der Waals surface area contributed by atoms with Gasteiger partial charge in [0.15, 0.2) is 0 Å². The van der Waals surface area contributed by atoms with Crippen LogP contribution in [0.15, 0.2) is 60.8 Å². The van der Waals surface area contributed by atoms with E-state index in [2.05, 4.69) is 15.6 Å². The van der Waals surface area contributed by atoms with Gasteiger partial charge < -0.3 is 25.4 Å². The number of nitrogens with one attached hydrogen (secondary N) is 2. The normalized spacial score (nSPS) is 17.5. The summed E-state index contributed by atoms with van der Waals surface area (Å²) in [5, 5.41) is 15.7. The van der Waals surface area contributed by atoms with Crippen LogP contribution in [0.1, 0.15) is 44.8 Å². The molecule has 206 valence electrons. The number of carbonyl (C=O) groups is 4. The number of benzene rings is 2. The summed E-state index contributed by atoms with van der Waals surface area (Å²) < 4.78 is 5.32. The molecule has 0 bridgehead atoms. The lowest BCUT2D eigenvalue weighted by atomic mass is 9.98. The van der Waals surface area contributed by atoms with Crippen LogP contribution in [-0.2, 0) is 27.3 Å². The fourth-order valence-electron chi connectivity index (χ4n) is 4.93. The fraction of sp³-hybridized carbons (Fsp3) is 0.276. The molecule has 11 heteroatoms. The van der Waals surface area contributed by atoms with Gasteiger partial charge in [-0.3, -0.25) is 19.4 Å². The van der Waals surface area contributed by atoms with Crippen LogP contribution in [0.3, 0.4) is 0 Å². The molecule has 0 radical (unpaired) electrons. The van der Waals surface area contributed by atoms with E-state index in [1.807, 2.05) is 0 Å². The molecule has 2 aromatic carbocycles. The second-order valence-electron chi connectivity index (χ2n) is 9.71. The van der Waals surface area contributed by atoms with Crippen molar-refractivity contribution in [2.24, 2.45) is 5.92 Å². The molecule has 0 spiro atoms. The molecule has 10 nitrogen and oxygen atoms in total. The number of halogens is 1. The van der Waals surface area contributed by atoms with E-state index in [-0.39, 0.29) is 41.6 Å². The largest absolute Gasteiger partial charge is 0.478 e.